The molecule has 0 bridgehead atoms. The number of methoxy groups -OCH3 is 2. The maximum atomic E-state index is 13.2. The lowest BCUT2D eigenvalue weighted by atomic mass is 10.1. The predicted molar refractivity (Wildman–Crippen MR) is 106 cm³/mol. The van der Waals surface area contributed by atoms with Crippen molar-refractivity contribution in [3.05, 3.63) is 48.3 Å². The molecular weight excluding hydrogens is 387 g/mol. The van der Waals surface area contributed by atoms with Crippen molar-refractivity contribution >= 4 is 27.3 Å². The van der Waals surface area contributed by atoms with Crippen molar-refractivity contribution in [3.8, 4) is 11.5 Å². The van der Waals surface area contributed by atoms with E-state index in [1.807, 2.05) is 0 Å². The summed E-state index contributed by atoms with van der Waals surface area (Å²) in [5, 5.41) is 2.70. The second kappa shape index (κ2) is 8.92. The van der Waals surface area contributed by atoms with Crippen molar-refractivity contribution in [2.45, 2.75) is 19.4 Å². The van der Waals surface area contributed by atoms with Gasteiger partial charge in [-0.25, -0.2) is 12.8 Å². The Morgan fingerprint density at radius 2 is 1.79 bits per heavy atom. The van der Waals surface area contributed by atoms with Crippen molar-refractivity contribution in [2.75, 3.05) is 30.1 Å². The van der Waals surface area contributed by atoms with E-state index in [1.165, 1.54) is 26.4 Å². The summed E-state index contributed by atoms with van der Waals surface area (Å²) in [7, 11) is -0.853. The van der Waals surface area contributed by atoms with Crippen LogP contribution < -0.4 is 19.1 Å². The quantitative estimate of drug-likeness (QED) is 0.723. The van der Waals surface area contributed by atoms with Crippen LogP contribution in [0.1, 0.15) is 13.3 Å². The monoisotopic (exact) mass is 410 g/mol. The van der Waals surface area contributed by atoms with Gasteiger partial charge in [-0.15, -0.1) is 0 Å². The number of ether oxygens (including phenoxy) is 2. The fourth-order valence-electron chi connectivity index (χ4n) is 2.77. The zero-order valence-corrected chi connectivity index (χ0v) is 16.9. The van der Waals surface area contributed by atoms with Crippen LogP contribution in [0.4, 0.5) is 15.8 Å². The van der Waals surface area contributed by atoms with Gasteiger partial charge in [0.15, 0.2) is 0 Å². The number of rotatable bonds is 8. The number of carbonyl (C=O) groups is 1. The summed E-state index contributed by atoms with van der Waals surface area (Å²) in [6, 6.07) is 8.74. The molecule has 2 aromatic carbocycles. The largest absolute Gasteiger partial charge is 0.497 e. The van der Waals surface area contributed by atoms with Gasteiger partial charge in [0, 0.05) is 6.07 Å². The van der Waals surface area contributed by atoms with E-state index < -0.39 is 27.8 Å². The fourth-order valence-corrected chi connectivity index (χ4v) is 3.98. The van der Waals surface area contributed by atoms with E-state index in [9.17, 15) is 17.6 Å². The minimum Gasteiger partial charge on any atom is -0.497 e. The van der Waals surface area contributed by atoms with E-state index >= 15 is 0 Å². The molecule has 28 heavy (non-hydrogen) atoms. The molecule has 0 aliphatic heterocycles. The Morgan fingerprint density at radius 3 is 2.29 bits per heavy atom. The third-order valence-corrected chi connectivity index (χ3v) is 5.26. The molecule has 152 valence electrons. The van der Waals surface area contributed by atoms with Crippen LogP contribution in [0.2, 0.25) is 0 Å². The van der Waals surface area contributed by atoms with E-state index in [4.69, 9.17) is 9.47 Å². The first-order chi connectivity index (χ1) is 13.2. The van der Waals surface area contributed by atoms with Gasteiger partial charge in [0.1, 0.15) is 23.4 Å². The molecule has 0 aliphatic rings. The highest BCUT2D eigenvalue weighted by atomic mass is 32.2. The molecule has 0 heterocycles. The highest BCUT2D eigenvalue weighted by molar-refractivity contribution is 7.92. The van der Waals surface area contributed by atoms with E-state index in [0.29, 0.717) is 17.2 Å². The number of anilines is 2. The zero-order chi connectivity index (χ0) is 20.9. The van der Waals surface area contributed by atoms with Gasteiger partial charge in [-0.1, -0.05) is 6.92 Å². The lowest BCUT2D eigenvalue weighted by Gasteiger charge is -2.30. The van der Waals surface area contributed by atoms with Crippen molar-refractivity contribution < 1.29 is 27.1 Å². The van der Waals surface area contributed by atoms with Crippen LogP contribution in [-0.2, 0) is 14.8 Å². The third-order valence-electron chi connectivity index (χ3n) is 4.08. The fraction of sp³-hybridized carbons (Fsp3) is 0.316. The number of hydrogen-bond donors (Lipinski definition) is 1. The number of nitrogens with zero attached hydrogens (tertiary/aromatic N) is 1. The molecule has 1 atom stereocenters. The van der Waals surface area contributed by atoms with Gasteiger partial charge in [-0.2, -0.15) is 0 Å². The summed E-state index contributed by atoms with van der Waals surface area (Å²) >= 11 is 0. The number of sulfonamides is 1. The number of amides is 1. The number of benzene rings is 2. The van der Waals surface area contributed by atoms with Crippen molar-refractivity contribution in [3.63, 3.8) is 0 Å². The van der Waals surface area contributed by atoms with Gasteiger partial charge in [-0.05, 0) is 42.8 Å². The Balaban J connectivity index is 2.38. The van der Waals surface area contributed by atoms with E-state index in [1.54, 1.807) is 25.1 Å². The SMILES string of the molecule is CCC(C(=O)Nc1ccc(OC)cc1OC)N(c1ccc(F)cc1)S(C)(=O)=O. The minimum absolute atomic E-state index is 0.201. The summed E-state index contributed by atoms with van der Waals surface area (Å²) in [5.41, 5.74) is 0.576. The molecule has 1 unspecified atom stereocenters. The molecule has 0 aromatic heterocycles. The highest BCUT2D eigenvalue weighted by Crippen LogP contribution is 2.30. The number of hydrogen-bond acceptors (Lipinski definition) is 5. The molecular formula is C19H23FN2O5S. The Kier molecular flexibility index (Phi) is 6.85. The van der Waals surface area contributed by atoms with E-state index in [2.05, 4.69) is 5.32 Å². The smallest absolute Gasteiger partial charge is 0.248 e. The third kappa shape index (κ3) is 4.92. The number of carbonyl (C=O) groups excluding carboxylic acids is 1. The minimum atomic E-state index is -3.81. The van der Waals surface area contributed by atoms with Crippen LogP contribution in [0.15, 0.2) is 42.5 Å². The predicted octanol–water partition coefficient (Wildman–Crippen LogP) is 3.03. The van der Waals surface area contributed by atoms with Crippen molar-refractivity contribution in [1.29, 1.82) is 0 Å². The molecule has 7 nitrogen and oxygen atoms in total. The molecule has 2 aromatic rings. The molecule has 0 fully saturated rings. The molecule has 2 rings (SSSR count). The lowest BCUT2D eigenvalue weighted by Crippen LogP contribution is -2.47. The van der Waals surface area contributed by atoms with Gasteiger partial charge >= 0.3 is 0 Å². The Hall–Kier alpha value is -2.81. The highest BCUT2D eigenvalue weighted by Gasteiger charge is 2.32. The summed E-state index contributed by atoms with van der Waals surface area (Å²) < 4.78 is 49.4. The van der Waals surface area contributed by atoms with Gasteiger partial charge in [0.2, 0.25) is 15.9 Å². The van der Waals surface area contributed by atoms with Crippen molar-refractivity contribution in [1.82, 2.24) is 0 Å². The molecule has 0 saturated carbocycles. The zero-order valence-electron chi connectivity index (χ0n) is 16.1. The summed E-state index contributed by atoms with van der Waals surface area (Å²) in [4.78, 5) is 12.9. The maximum absolute atomic E-state index is 13.2. The standard InChI is InChI=1S/C19H23FN2O5S/c1-5-17(22(28(4,24)25)14-8-6-13(20)7-9-14)19(23)21-16-11-10-15(26-2)12-18(16)27-3/h6-12,17H,5H2,1-4H3,(H,21,23). The molecule has 1 amide bonds. The van der Waals surface area contributed by atoms with E-state index in [-0.39, 0.29) is 12.1 Å². The van der Waals surface area contributed by atoms with Crippen LogP contribution in [0.25, 0.3) is 0 Å². The van der Waals surface area contributed by atoms with Crippen LogP contribution in [0.5, 0.6) is 11.5 Å². The topological polar surface area (TPSA) is 84.9 Å². The normalized spacial score (nSPS) is 12.2. The van der Waals surface area contributed by atoms with Crippen molar-refractivity contribution in [2.24, 2.45) is 0 Å². The van der Waals surface area contributed by atoms with Crippen LogP contribution in [-0.4, -0.2) is 40.8 Å². The molecule has 0 spiro atoms. The molecule has 0 radical (unpaired) electrons. The number of halogens is 1. The molecule has 1 N–H and O–H groups in total. The average Bonchev–Trinajstić information content (AvgIpc) is 2.66. The first kappa shape index (κ1) is 21.5. The van der Waals surface area contributed by atoms with Gasteiger partial charge in [-0.3, -0.25) is 9.10 Å². The summed E-state index contributed by atoms with van der Waals surface area (Å²) in [6.45, 7) is 1.69. The van der Waals surface area contributed by atoms with Gasteiger partial charge in [0.25, 0.3) is 0 Å². The van der Waals surface area contributed by atoms with Gasteiger partial charge in [0.05, 0.1) is 31.9 Å². The van der Waals surface area contributed by atoms with Gasteiger partial charge < -0.3 is 14.8 Å². The summed E-state index contributed by atoms with van der Waals surface area (Å²) in [6.07, 6.45) is 1.20. The Morgan fingerprint density at radius 1 is 1.14 bits per heavy atom. The van der Waals surface area contributed by atoms with Crippen LogP contribution in [0, 0.1) is 5.82 Å². The Bertz CT molecular complexity index is 932. The van der Waals surface area contributed by atoms with Crippen LogP contribution in [0.3, 0.4) is 0 Å². The first-order valence-electron chi connectivity index (χ1n) is 8.49. The summed E-state index contributed by atoms with van der Waals surface area (Å²) in [5.74, 6) is -0.125. The second-order valence-electron chi connectivity index (χ2n) is 6.01. The second-order valence-corrected chi connectivity index (χ2v) is 7.87. The Labute approximate surface area is 164 Å². The number of nitrogens with one attached hydrogen (secondary N) is 1. The molecule has 9 heteroatoms. The average molecular weight is 410 g/mol. The molecule has 0 saturated heterocycles. The lowest BCUT2D eigenvalue weighted by molar-refractivity contribution is -0.117. The molecule has 0 aliphatic carbocycles. The first-order valence-corrected chi connectivity index (χ1v) is 10.3. The van der Waals surface area contributed by atoms with Crippen LogP contribution >= 0.6 is 0 Å². The maximum Gasteiger partial charge on any atom is 0.248 e. The van der Waals surface area contributed by atoms with E-state index in [0.717, 1.165) is 22.7 Å².